The summed E-state index contributed by atoms with van der Waals surface area (Å²) in [6, 6.07) is 16.8. The molecule has 0 radical (unpaired) electrons. The SMILES string of the molecule is C[C@@H](Oc1ccccc1Br)C(=O)N/N=C\c1cc2ccccc2nc1Cl. The molecule has 3 aromatic rings. The van der Waals surface area contributed by atoms with Crippen LogP contribution in [0.2, 0.25) is 5.15 Å². The van der Waals surface area contributed by atoms with Crippen LogP contribution in [0.3, 0.4) is 0 Å². The number of halogens is 2. The number of nitrogens with one attached hydrogen (secondary N) is 1. The fourth-order valence-corrected chi connectivity index (χ4v) is 2.81. The molecule has 7 heteroatoms. The smallest absolute Gasteiger partial charge is 0.280 e. The first-order valence-corrected chi connectivity index (χ1v) is 9.01. The minimum absolute atomic E-state index is 0.319. The van der Waals surface area contributed by atoms with Crippen molar-refractivity contribution in [3.05, 3.63) is 69.8 Å². The lowest BCUT2D eigenvalue weighted by Crippen LogP contribution is -2.33. The third-order valence-corrected chi connectivity index (χ3v) is 4.55. The molecular formula is C19H15BrClN3O2. The highest BCUT2D eigenvalue weighted by Gasteiger charge is 2.15. The predicted octanol–water partition coefficient (Wildman–Crippen LogP) is 4.57. The van der Waals surface area contributed by atoms with E-state index in [2.05, 4.69) is 31.4 Å². The second kappa shape index (κ2) is 8.29. The van der Waals surface area contributed by atoms with Gasteiger partial charge >= 0.3 is 0 Å². The van der Waals surface area contributed by atoms with Crippen LogP contribution in [0.1, 0.15) is 12.5 Å². The molecule has 1 N–H and O–H groups in total. The third kappa shape index (κ3) is 4.39. The third-order valence-electron chi connectivity index (χ3n) is 3.59. The van der Waals surface area contributed by atoms with Crippen LogP contribution in [0.25, 0.3) is 10.9 Å². The summed E-state index contributed by atoms with van der Waals surface area (Å²) in [5, 5.41) is 5.21. The van der Waals surface area contributed by atoms with Gasteiger partial charge in [0.25, 0.3) is 5.91 Å². The first kappa shape index (κ1) is 18.4. The molecule has 2 aromatic carbocycles. The summed E-state index contributed by atoms with van der Waals surface area (Å²) >= 11 is 9.54. The molecule has 26 heavy (non-hydrogen) atoms. The summed E-state index contributed by atoms with van der Waals surface area (Å²) in [6.45, 7) is 1.65. The average Bonchev–Trinajstić information content (AvgIpc) is 2.63. The summed E-state index contributed by atoms with van der Waals surface area (Å²) < 4.78 is 6.39. The van der Waals surface area contributed by atoms with E-state index in [4.69, 9.17) is 16.3 Å². The maximum Gasteiger partial charge on any atom is 0.280 e. The van der Waals surface area contributed by atoms with Crippen molar-refractivity contribution >= 4 is 50.6 Å². The van der Waals surface area contributed by atoms with Crippen molar-refractivity contribution in [2.45, 2.75) is 13.0 Å². The van der Waals surface area contributed by atoms with Gasteiger partial charge in [0.2, 0.25) is 0 Å². The van der Waals surface area contributed by atoms with E-state index < -0.39 is 6.10 Å². The zero-order chi connectivity index (χ0) is 18.5. The molecule has 5 nitrogen and oxygen atoms in total. The van der Waals surface area contributed by atoms with E-state index in [9.17, 15) is 4.79 Å². The van der Waals surface area contributed by atoms with E-state index in [0.717, 1.165) is 15.4 Å². The summed E-state index contributed by atoms with van der Waals surface area (Å²) in [6.07, 6.45) is 0.751. The summed E-state index contributed by atoms with van der Waals surface area (Å²) in [4.78, 5) is 16.4. The number of hydrazone groups is 1. The molecule has 3 rings (SSSR count). The van der Waals surface area contributed by atoms with E-state index in [-0.39, 0.29) is 5.91 Å². The van der Waals surface area contributed by atoms with Gasteiger partial charge in [0, 0.05) is 10.9 Å². The zero-order valence-electron chi connectivity index (χ0n) is 13.8. The largest absolute Gasteiger partial charge is 0.480 e. The Morgan fingerprint density at radius 1 is 1.27 bits per heavy atom. The van der Waals surface area contributed by atoms with Gasteiger partial charge in [-0.25, -0.2) is 10.4 Å². The van der Waals surface area contributed by atoms with Crippen molar-refractivity contribution in [1.82, 2.24) is 10.4 Å². The number of fused-ring (bicyclic) bond motifs is 1. The number of hydrogen-bond acceptors (Lipinski definition) is 4. The lowest BCUT2D eigenvalue weighted by atomic mass is 10.2. The number of nitrogens with zero attached hydrogens (tertiary/aromatic N) is 2. The Balaban J connectivity index is 1.65. The van der Waals surface area contributed by atoms with Gasteiger partial charge in [0.1, 0.15) is 10.9 Å². The van der Waals surface area contributed by atoms with Crippen molar-refractivity contribution in [1.29, 1.82) is 0 Å². The molecule has 0 aliphatic heterocycles. The van der Waals surface area contributed by atoms with Gasteiger partial charge in [-0.3, -0.25) is 4.79 Å². The molecule has 0 fully saturated rings. The van der Waals surface area contributed by atoms with Crippen LogP contribution in [-0.2, 0) is 4.79 Å². The molecule has 1 amide bonds. The van der Waals surface area contributed by atoms with E-state index in [1.807, 2.05) is 48.5 Å². The first-order chi connectivity index (χ1) is 12.5. The number of benzene rings is 2. The van der Waals surface area contributed by atoms with Gasteiger partial charge in [0.05, 0.1) is 16.2 Å². The van der Waals surface area contributed by atoms with Gasteiger partial charge in [-0.15, -0.1) is 0 Å². The molecule has 132 valence electrons. The Hall–Kier alpha value is -2.44. The van der Waals surface area contributed by atoms with Crippen LogP contribution in [0.15, 0.2) is 64.2 Å². The lowest BCUT2D eigenvalue weighted by Gasteiger charge is -2.13. The number of carbonyl (C=O) groups excluding carboxylic acids is 1. The van der Waals surface area contributed by atoms with Crippen LogP contribution >= 0.6 is 27.5 Å². The molecule has 0 saturated heterocycles. The van der Waals surface area contributed by atoms with Crippen LogP contribution in [0.5, 0.6) is 5.75 Å². The van der Waals surface area contributed by atoms with Crippen LogP contribution in [0, 0.1) is 0 Å². The number of amides is 1. The monoisotopic (exact) mass is 431 g/mol. The maximum atomic E-state index is 12.1. The van der Waals surface area contributed by atoms with Crippen molar-refractivity contribution in [3.63, 3.8) is 0 Å². The topological polar surface area (TPSA) is 63.6 Å². The molecule has 0 saturated carbocycles. The van der Waals surface area contributed by atoms with Crippen LogP contribution in [-0.4, -0.2) is 23.2 Å². The molecule has 0 aliphatic carbocycles. The number of carbonyl (C=O) groups is 1. The predicted molar refractivity (Wildman–Crippen MR) is 107 cm³/mol. The summed E-state index contributed by atoms with van der Waals surface area (Å²) in [5.41, 5.74) is 3.87. The number of rotatable bonds is 5. The molecule has 0 spiro atoms. The molecule has 0 aliphatic rings. The molecular weight excluding hydrogens is 418 g/mol. The second-order valence-corrected chi connectivity index (χ2v) is 6.70. The van der Waals surface area contributed by atoms with Crippen molar-refractivity contribution in [3.8, 4) is 5.75 Å². The Morgan fingerprint density at radius 3 is 2.81 bits per heavy atom. The van der Waals surface area contributed by atoms with E-state index >= 15 is 0 Å². The average molecular weight is 433 g/mol. The molecule has 1 heterocycles. The summed E-state index contributed by atoms with van der Waals surface area (Å²) in [5.74, 6) is 0.211. The van der Waals surface area contributed by atoms with Crippen molar-refractivity contribution in [2.75, 3.05) is 0 Å². The van der Waals surface area contributed by atoms with Gasteiger partial charge in [-0.1, -0.05) is 41.9 Å². The summed E-state index contributed by atoms with van der Waals surface area (Å²) in [7, 11) is 0. The number of aromatic nitrogens is 1. The van der Waals surface area contributed by atoms with Gasteiger partial charge in [0.15, 0.2) is 6.10 Å². The van der Waals surface area contributed by atoms with Crippen LogP contribution < -0.4 is 10.2 Å². The molecule has 1 aromatic heterocycles. The normalized spacial score (nSPS) is 12.3. The highest BCUT2D eigenvalue weighted by molar-refractivity contribution is 9.10. The van der Waals surface area contributed by atoms with Gasteiger partial charge < -0.3 is 4.74 Å². The highest BCUT2D eigenvalue weighted by Crippen LogP contribution is 2.24. The minimum atomic E-state index is -0.712. The van der Waals surface area contributed by atoms with Gasteiger partial charge in [-0.2, -0.15) is 5.10 Å². The lowest BCUT2D eigenvalue weighted by molar-refractivity contribution is -0.127. The van der Waals surface area contributed by atoms with E-state index in [0.29, 0.717) is 16.5 Å². The fraction of sp³-hybridized carbons (Fsp3) is 0.105. The maximum absolute atomic E-state index is 12.1. The highest BCUT2D eigenvalue weighted by atomic mass is 79.9. The number of hydrogen-bond donors (Lipinski definition) is 1. The Morgan fingerprint density at radius 2 is 2.00 bits per heavy atom. The number of ether oxygens (including phenoxy) is 1. The fourth-order valence-electron chi connectivity index (χ4n) is 2.24. The van der Waals surface area contributed by atoms with Crippen molar-refractivity contribution < 1.29 is 9.53 Å². The minimum Gasteiger partial charge on any atom is -0.480 e. The number of para-hydroxylation sites is 2. The van der Waals surface area contributed by atoms with Crippen molar-refractivity contribution in [2.24, 2.45) is 5.10 Å². The molecule has 1 atom stereocenters. The second-order valence-electron chi connectivity index (χ2n) is 5.49. The number of pyridine rings is 1. The standard InChI is InChI=1S/C19H15BrClN3O2/c1-12(26-17-9-5-3-7-15(17)20)19(25)24-22-11-14-10-13-6-2-4-8-16(13)23-18(14)21/h2-12H,1H3,(H,24,25)/b22-11-/t12-/m1/s1. The van der Waals surface area contributed by atoms with Crippen LogP contribution in [0.4, 0.5) is 0 Å². The zero-order valence-corrected chi connectivity index (χ0v) is 16.2. The Bertz CT molecular complexity index is 978. The first-order valence-electron chi connectivity index (χ1n) is 7.84. The van der Waals surface area contributed by atoms with Gasteiger partial charge in [-0.05, 0) is 47.1 Å². The Kier molecular flexibility index (Phi) is 5.85. The quantitative estimate of drug-likeness (QED) is 0.365. The molecule has 0 bridgehead atoms. The van der Waals surface area contributed by atoms with E-state index in [1.165, 1.54) is 6.21 Å². The van der Waals surface area contributed by atoms with E-state index in [1.54, 1.807) is 13.0 Å². The molecule has 0 unspecified atom stereocenters. The Labute approximate surface area is 164 Å².